The third-order valence-electron chi connectivity index (χ3n) is 2.77. The van der Waals surface area contributed by atoms with E-state index >= 15 is 0 Å². The van der Waals surface area contributed by atoms with E-state index in [0.29, 0.717) is 11.1 Å². The molecule has 0 radical (unpaired) electrons. The van der Waals surface area contributed by atoms with E-state index in [2.05, 4.69) is 9.24 Å². The molecule has 2 rings (SSSR count). The summed E-state index contributed by atoms with van der Waals surface area (Å²) in [6, 6.07) is 14.3. The monoisotopic (exact) mass is 246 g/mol. The van der Waals surface area contributed by atoms with Crippen LogP contribution in [-0.2, 0) is 5.79 Å². The Morgan fingerprint density at radius 2 is 1.24 bits per heavy atom. The topological polar surface area (TPSA) is 40.5 Å². The van der Waals surface area contributed by atoms with Crippen LogP contribution < -0.4 is 5.30 Å². The van der Waals surface area contributed by atoms with Gasteiger partial charge in [0.05, 0.1) is 0 Å². The van der Waals surface area contributed by atoms with Gasteiger partial charge in [0.25, 0.3) is 0 Å². The maximum atomic E-state index is 10.2. The van der Waals surface area contributed by atoms with Crippen molar-refractivity contribution in [2.45, 2.75) is 12.7 Å². The molecule has 2 aromatic carbocycles. The van der Waals surface area contributed by atoms with E-state index in [1.807, 2.05) is 31.2 Å². The quantitative estimate of drug-likeness (QED) is 0.625. The first-order valence-corrected chi connectivity index (χ1v) is 5.96. The molecule has 1 unspecified atom stereocenters. The molecule has 2 aromatic rings. The lowest BCUT2D eigenvalue weighted by Crippen LogP contribution is -2.26. The van der Waals surface area contributed by atoms with Gasteiger partial charge >= 0.3 is 0 Å². The third kappa shape index (κ3) is 2.55. The first-order chi connectivity index (χ1) is 8.00. The Kier molecular flexibility index (Phi) is 3.30. The molecule has 88 valence electrons. The minimum atomic E-state index is -1.94. The zero-order chi connectivity index (χ0) is 12.5. The average molecular weight is 246 g/mol. The molecule has 0 bridgehead atoms. The molecular weight excluding hydrogens is 231 g/mol. The minimum Gasteiger partial charge on any atom is -0.358 e. The van der Waals surface area contributed by atoms with Crippen LogP contribution in [0.2, 0.25) is 0 Å². The highest BCUT2D eigenvalue weighted by atomic mass is 31.0. The third-order valence-corrected chi connectivity index (χ3v) is 3.15. The lowest BCUT2D eigenvalue weighted by atomic mass is 9.97. The van der Waals surface area contributed by atoms with Crippen LogP contribution in [0.3, 0.4) is 0 Å². The highest BCUT2D eigenvalue weighted by Crippen LogP contribution is 2.26. The highest BCUT2D eigenvalue weighted by Gasteiger charge is 2.27. The van der Waals surface area contributed by atoms with Crippen LogP contribution in [0, 0.1) is 6.92 Å². The smallest absolute Gasteiger partial charge is 0.217 e. The van der Waals surface area contributed by atoms with E-state index in [4.69, 9.17) is 0 Å². The fourth-order valence-electron chi connectivity index (χ4n) is 1.67. The van der Waals surface area contributed by atoms with Gasteiger partial charge in [0.15, 0.2) is 0 Å². The lowest BCUT2D eigenvalue weighted by molar-refractivity contribution is -0.132. The molecule has 0 aliphatic carbocycles. The molecule has 3 heteroatoms. The molecule has 0 amide bonds. The van der Waals surface area contributed by atoms with Crippen LogP contribution in [0.5, 0.6) is 0 Å². The number of aryl methyl sites for hydroxylation is 1. The first kappa shape index (κ1) is 12.3. The Morgan fingerprint density at radius 3 is 1.71 bits per heavy atom. The van der Waals surface area contributed by atoms with Gasteiger partial charge in [0, 0.05) is 11.1 Å². The molecule has 0 aromatic heterocycles. The van der Waals surface area contributed by atoms with Crippen molar-refractivity contribution < 1.29 is 10.2 Å². The van der Waals surface area contributed by atoms with Gasteiger partial charge in [-0.25, -0.2) is 0 Å². The summed E-state index contributed by atoms with van der Waals surface area (Å²) in [5.74, 6) is -1.94. The van der Waals surface area contributed by atoms with Crippen molar-refractivity contribution in [1.82, 2.24) is 0 Å². The highest BCUT2D eigenvalue weighted by molar-refractivity contribution is 7.27. The van der Waals surface area contributed by atoms with E-state index in [-0.39, 0.29) is 0 Å². The van der Waals surface area contributed by atoms with Gasteiger partial charge < -0.3 is 10.2 Å². The summed E-state index contributed by atoms with van der Waals surface area (Å²) in [6.45, 7) is 1.96. The first-order valence-electron chi connectivity index (χ1n) is 5.38. The van der Waals surface area contributed by atoms with Gasteiger partial charge in [-0.1, -0.05) is 54.1 Å². The van der Waals surface area contributed by atoms with Crippen molar-refractivity contribution in [2.75, 3.05) is 0 Å². The zero-order valence-electron chi connectivity index (χ0n) is 9.59. The molecule has 0 fully saturated rings. The van der Waals surface area contributed by atoms with Crippen LogP contribution in [-0.4, -0.2) is 10.2 Å². The molecule has 1 atom stereocenters. The second-order valence-corrected chi connectivity index (χ2v) is 4.83. The minimum absolute atomic E-state index is 0.465. The van der Waals surface area contributed by atoms with Gasteiger partial charge in [-0.05, 0) is 12.2 Å². The van der Waals surface area contributed by atoms with Crippen molar-refractivity contribution in [2.24, 2.45) is 0 Å². The Hall–Kier alpha value is -1.21. The summed E-state index contributed by atoms with van der Waals surface area (Å²) < 4.78 is 0. The Bertz CT molecular complexity index is 453. The summed E-state index contributed by atoms with van der Waals surface area (Å²) in [6.07, 6.45) is 0. The van der Waals surface area contributed by atoms with Gasteiger partial charge in [-0.15, -0.1) is 9.24 Å². The van der Waals surface area contributed by atoms with Crippen molar-refractivity contribution in [1.29, 1.82) is 0 Å². The second-order valence-electron chi connectivity index (χ2n) is 4.16. The molecule has 0 heterocycles. The van der Waals surface area contributed by atoms with Crippen LogP contribution in [0.1, 0.15) is 16.7 Å². The van der Waals surface area contributed by atoms with E-state index in [1.165, 1.54) is 0 Å². The summed E-state index contributed by atoms with van der Waals surface area (Å²) in [5.41, 5.74) is 2.03. The van der Waals surface area contributed by atoms with Crippen molar-refractivity contribution in [3.63, 3.8) is 0 Å². The molecule has 0 saturated heterocycles. The maximum absolute atomic E-state index is 10.2. The summed E-state index contributed by atoms with van der Waals surface area (Å²) in [7, 11) is 2.56. The summed E-state index contributed by atoms with van der Waals surface area (Å²) in [5, 5.41) is 21.4. The molecule has 0 spiro atoms. The molecular formula is C14H15O2P. The van der Waals surface area contributed by atoms with Crippen LogP contribution >= 0.6 is 9.24 Å². The predicted molar refractivity (Wildman–Crippen MR) is 72.2 cm³/mol. The number of hydrogen-bond donors (Lipinski definition) is 2. The van der Waals surface area contributed by atoms with E-state index < -0.39 is 5.79 Å². The normalized spacial score (nSPS) is 11.5. The molecule has 0 aliphatic rings. The Balaban J connectivity index is 2.41. The van der Waals surface area contributed by atoms with Gasteiger partial charge in [0.2, 0.25) is 5.79 Å². The largest absolute Gasteiger partial charge is 0.358 e. The molecule has 17 heavy (non-hydrogen) atoms. The average Bonchev–Trinajstić information content (AvgIpc) is 2.30. The lowest BCUT2D eigenvalue weighted by Gasteiger charge is -2.23. The van der Waals surface area contributed by atoms with E-state index in [1.54, 1.807) is 24.3 Å². The fraction of sp³-hybridized carbons (Fsp3) is 0.143. The molecule has 0 aliphatic heterocycles. The van der Waals surface area contributed by atoms with E-state index in [0.717, 1.165) is 10.9 Å². The van der Waals surface area contributed by atoms with Crippen LogP contribution in [0.15, 0.2) is 48.5 Å². The van der Waals surface area contributed by atoms with Crippen LogP contribution in [0.25, 0.3) is 0 Å². The van der Waals surface area contributed by atoms with Gasteiger partial charge in [0.1, 0.15) is 0 Å². The summed E-state index contributed by atoms with van der Waals surface area (Å²) >= 11 is 0. The van der Waals surface area contributed by atoms with Crippen molar-refractivity contribution >= 4 is 14.5 Å². The standard InChI is InChI=1S/C14H15O2P/c1-10-2-4-11(5-3-10)14(15,16)12-6-8-13(17)9-7-12/h2-9,15-16H,17H2,1H3. The number of hydrogen-bond acceptors (Lipinski definition) is 2. The zero-order valence-corrected chi connectivity index (χ0v) is 10.7. The molecule has 2 N–H and O–H groups in total. The van der Waals surface area contributed by atoms with Gasteiger partial charge in [-0.2, -0.15) is 0 Å². The van der Waals surface area contributed by atoms with E-state index in [9.17, 15) is 10.2 Å². The number of aliphatic hydroxyl groups is 2. The van der Waals surface area contributed by atoms with Gasteiger partial charge in [-0.3, -0.25) is 0 Å². The summed E-state index contributed by atoms with van der Waals surface area (Å²) in [4.78, 5) is 0. The number of benzene rings is 2. The fourth-order valence-corrected chi connectivity index (χ4v) is 1.86. The molecule has 0 saturated carbocycles. The van der Waals surface area contributed by atoms with Crippen LogP contribution in [0.4, 0.5) is 0 Å². The Labute approximate surface area is 103 Å². The van der Waals surface area contributed by atoms with Crippen molar-refractivity contribution in [3.8, 4) is 0 Å². The predicted octanol–water partition coefficient (Wildman–Crippen LogP) is 1.68. The molecule has 2 nitrogen and oxygen atoms in total. The second kappa shape index (κ2) is 4.58. The van der Waals surface area contributed by atoms with Crippen molar-refractivity contribution in [3.05, 3.63) is 65.2 Å². The SMILES string of the molecule is Cc1ccc(C(O)(O)c2ccc(P)cc2)cc1. The Morgan fingerprint density at radius 1 is 0.824 bits per heavy atom. The number of rotatable bonds is 2. The maximum Gasteiger partial charge on any atom is 0.217 e.